The quantitative estimate of drug-likeness (QED) is 0.735. The van der Waals surface area contributed by atoms with Crippen molar-refractivity contribution in [1.82, 2.24) is 24.6 Å². The van der Waals surface area contributed by atoms with Crippen LogP contribution in [0.1, 0.15) is 19.9 Å². The Balaban J connectivity index is 1.53. The van der Waals surface area contributed by atoms with Crippen LogP contribution in [0.4, 0.5) is 10.2 Å². The van der Waals surface area contributed by atoms with E-state index in [9.17, 15) is 9.18 Å². The van der Waals surface area contributed by atoms with Gasteiger partial charge in [-0.3, -0.25) is 4.79 Å². The van der Waals surface area contributed by atoms with E-state index in [0.29, 0.717) is 30.5 Å². The second-order valence-corrected chi connectivity index (χ2v) is 7.75. The number of amides is 1. The van der Waals surface area contributed by atoms with Gasteiger partial charge in [0.15, 0.2) is 5.82 Å². The van der Waals surface area contributed by atoms with Gasteiger partial charge in [0.1, 0.15) is 23.7 Å². The highest BCUT2D eigenvalue weighted by Crippen LogP contribution is 2.33. The van der Waals surface area contributed by atoms with Gasteiger partial charge in [-0.2, -0.15) is 0 Å². The van der Waals surface area contributed by atoms with Crippen LogP contribution in [0.15, 0.2) is 60.4 Å². The number of pyridine rings is 1. The van der Waals surface area contributed by atoms with Gasteiger partial charge in [0.2, 0.25) is 0 Å². The number of carbonyl (C=O) groups is 1. The summed E-state index contributed by atoms with van der Waals surface area (Å²) in [5.74, 6) is -0.258. The average molecular weight is 424 g/mol. The molecule has 1 aliphatic heterocycles. The number of halogens is 1. The number of rotatable bonds is 7. The number of nitrogens with zero attached hydrogens (tertiary/aromatic N) is 5. The summed E-state index contributed by atoms with van der Waals surface area (Å²) in [7, 11) is 1.64. The molecule has 1 aliphatic carbocycles. The minimum absolute atomic E-state index is 0.00455. The van der Waals surface area contributed by atoms with Crippen LogP contribution < -0.4 is 5.32 Å². The van der Waals surface area contributed by atoms with Crippen molar-refractivity contribution in [3.8, 4) is 11.5 Å². The SMILES string of the molecule is COCCN1C=CC2C=C(F)C(C(=O)Nc3cccc(-c4nncn4C(C)C)n3)=CC21. The predicted octanol–water partition coefficient (Wildman–Crippen LogP) is 3.11. The molecule has 0 radical (unpaired) electrons. The Labute approximate surface area is 180 Å². The number of fused-ring (bicyclic) bond motifs is 1. The summed E-state index contributed by atoms with van der Waals surface area (Å²) in [4.78, 5) is 19.4. The van der Waals surface area contributed by atoms with E-state index in [4.69, 9.17) is 4.74 Å². The first-order valence-electron chi connectivity index (χ1n) is 10.2. The Morgan fingerprint density at radius 2 is 2.16 bits per heavy atom. The monoisotopic (exact) mass is 424 g/mol. The molecule has 162 valence electrons. The Hall–Kier alpha value is -3.33. The van der Waals surface area contributed by atoms with E-state index >= 15 is 0 Å². The Bertz CT molecular complexity index is 1060. The predicted molar refractivity (Wildman–Crippen MR) is 115 cm³/mol. The Morgan fingerprint density at radius 3 is 2.94 bits per heavy atom. The third-order valence-corrected chi connectivity index (χ3v) is 5.36. The molecule has 2 aromatic rings. The van der Waals surface area contributed by atoms with Crippen molar-refractivity contribution >= 4 is 11.7 Å². The summed E-state index contributed by atoms with van der Waals surface area (Å²) < 4.78 is 21.7. The molecule has 31 heavy (non-hydrogen) atoms. The van der Waals surface area contributed by atoms with Crippen molar-refractivity contribution in [2.24, 2.45) is 5.92 Å². The van der Waals surface area contributed by atoms with Crippen LogP contribution in [-0.4, -0.2) is 56.9 Å². The molecule has 0 spiro atoms. The number of methoxy groups -OCH3 is 1. The molecule has 2 aromatic heterocycles. The lowest BCUT2D eigenvalue weighted by Gasteiger charge is -2.29. The van der Waals surface area contributed by atoms with Crippen LogP contribution in [0.25, 0.3) is 11.5 Å². The fraction of sp³-hybridized carbons (Fsp3) is 0.364. The second-order valence-electron chi connectivity index (χ2n) is 7.75. The van der Waals surface area contributed by atoms with Gasteiger partial charge in [0.05, 0.1) is 18.2 Å². The van der Waals surface area contributed by atoms with Crippen molar-refractivity contribution in [3.63, 3.8) is 0 Å². The smallest absolute Gasteiger partial charge is 0.259 e. The highest BCUT2D eigenvalue weighted by molar-refractivity contribution is 6.06. The number of ether oxygens (including phenoxy) is 1. The zero-order valence-corrected chi connectivity index (χ0v) is 17.7. The highest BCUT2D eigenvalue weighted by Gasteiger charge is 2.33. The molecule has 3 heterocycles. The molecule has 0 saturated carbocycles. The van der Waals surface area contributed by atoms with E-state index in [1.165, 1.54) is 6.08 Å². The number of anilines is 1. The molecule has 0 bridgehead atoms. The lowest BCUT2D eigenvalue weighted by molar-refractivity contribution is -0.112. The molecule has 2 atom stereocenters. The molecule has 1 amide bonds. The summed E-state index contributed by atoms with van der Waals surface area (Å²) in [6.07, 6.45) is 8.65. The first-order valence-corrected chi connectivity index (χ1v) is 10.2. The number of hydrogen-bond donors (Lipinski definition) is 1. The molecule has 0 saturated heterocycles. The van der Waals surface area contributed by atoms with Crippen LogP contribution >= 0.6 is 0 Å². The summed E-state index contributed by atoms with van der Waals surface area (Å²) in [5, 5.41) is 10.8. The minimum atomic E-state index is -0.541. The number of nitrogens with one attached hydrogen (secondary N) is 1. The zero-order valence-electron chi connectivity index (χ0n) is 17.7. The second kappa shape index (κ2) is 8.81. The van der Waals surface area contributed by atoms with Crippen LogP contribution in [0, 0.1) is 5.92 Å². The molecular weight excluding hydrogens is 399 g/mol. The van der Waals surface area contributed by atoms with E-state index in [-0.39, 0.29) is 23.6 Å². The van der Waals surface area contributed by atoms with Crippen LogP contribution in [0.2, 0.25) is 0 Å². The molecule has 4 rings (SSSR count). The first kappa shape index (κ1) is 20.9. The first-order chi connectivity index (χ1) is 15.0. The fourth-order valence-electron chi connectivity index (χ4n) is 3.74. The van der Waals surface area contributed by atoms with Gasteiger partial charge in [0.25, 0.3) is 5.91 Å². The van der Waals surface area contributed by atoms with Crippen molar-refractivity contribution in [2.45, 2.75) is 25.9 Å². The van der Waals surface area contributed by atoms with Crippen molar-refractivity contribution in [2.75, 3.05) is 25.6 Å². The molecule has 8 nitrogen and oxygen atoms in total. The van der Waals surface area contributed by atoms with Crippen molar-refractivity contribution in [3.05, 3.63) is 60.4 Å². The lowest BCUT2D eigenvalue weighted by atomic mass is 9.92. The molecule has 1 N–H and O–H groups in total. The van der Waals surface area contributed by atoms with Crippen LogP contribution in [0.5, 0.6) is 0 Å². The maximum atomic E-state index is 14.7. The van der Waals surface area contributed by atoms with E-state index in [1.807, 2.05) is 35.6 Å². The largest absolute Gasteiger partial charge is 0.383 e. The average Bonchev–Trinajstić information content (AvgIpc) is 3.39. The normalized spacial score (nSPS) is 20.0. The van der Waals surface area contributed by atoms with Crippen LogP contribution in [-0.2, 0) is 9.53 Å². The summed E-state index contributed by atoms with van der Waals surface area (Å²) in [6, 6.07) is 5.27. The summed E-state index contributed by atoms with van der Waals surface area (Å²) in [6.45, 7) is 5.25. The number of aromatic nitrogens is 4. The van der Waals surface area contributed by atoms with Crippen molar-refractivity contribution in [1.29, 1.82) is 0 Å². The number of carbonyl (C=O) groups excluding carboxylic acids is 1. The van der Waals surface area contributed by atoms with E-state index in [2.05, 4.69) is 20.5 Å². The fourth-order valence-corrected chi connectivity index (χ4v) is 3.74. The van der Waals surface area contributed by atoms with E-state index in [0.717, 1.165) is 0 Å². The summed E-state index contributed by atoms with van der Waals surface area (Å²) in [5.41, 5.74) is 0.577. The van der Waals surface area contributed by atoms with Crippen LogP contribution in [0.3, 0.4) is 0 Å². The molecule has 2 unspecified atom stereocenters. The van der Waals surface area contributed by atoms with Gasteiger partial charge < -0.3 is 19.5 Å². The van der Waals surface area contributed by atoms with Gasteiger partial charge in [-0.25, -0.2) is 9.37 Å². The Morgan fingerprint density at radius 1 is 1.32 bits per heavy atom. The standard InChI is InChI=1S/C22H25FN6O2/c1-14(2)29-13-24-27-21(29)18-5-4-6-20(25-18)26-22(30)16-12-19-15(11-17(16)23)7-8-28(19)9-10-31-3/h4-8,11-15,19H,9-10H2,1-3H3,(H,25,26,30). The molecule has 0 fully saturated rings. The van der Waals surface area contributed by atoms with E-state index in [1.54, 1.807) is 37.7 Å². The third-order valence-electron chi connectivity index (χ3n) is 5.36. The van der Waals surface area contributed by atoms with Gasteiger partial charge >= 0.3 is 0 Å². The summed E-state index contributed by atoms with van der Waals surface area (Å²) >= 11 is 0. The molecule has 0 aromatic carbocycles. The van der Waals surface area contributed by atoms with E-state index < -0.39 is 11.7 Å². The maximum Gasteiger partial charge on any atom is 0.259 e. The zero-order chi connectivity index (χ0) is 22.0. The highest BCUT2D eigenvalue weighted by atomic mass is 19.1. The molecule has 2 aliphatic rings. The maximum absolute atomic E-state index is 14.7. The van der Waals surface area contributed by atoms with Gasteiger partial charge in [-0.15, -0.1) is 10.2 Å². The van der Waals surface area contributed by atoms with Crippen molar-refractivity contribution < 1.29 is 13.9 Å². The topological polar surface area (TPSA) is 85.2 Å². The molecule has 9 heteroatoms. The molecular formula is C22H25FN6O2. The lowest BCUT2D eigenvalue weighted by Crippen LogP contribution is -2.35. The van der Waals surface area contributed by atoms with Gasteiger partial charge in [-0.1, -0.05) is 12.1 Å². The number of hydrogen-bond acceptors (Lipinski definition) is 6. The van der Waals surface area contributed by atoms with Gasteiger partial charge in [-0.05, 0) is 44.3 Å². The Kier molecular flexibility index (Phi) is 5.94. The third kappa shape index (κ3) is 4.27. The van der Waals surface area contributed by atoms with Gasteiger partial charge in [0, 0.05) is 25.6 Å². The minimum Gasteiger partial charge on any atom is -0.383 e.